The van der Waals surface area contributed by atoms with Gasteiger partial charge in [0.05, 0.1) is 6.04 Å². The summed E-state index contributed by atoms with van der Waals surface area (Å²) in [7, 11) is 0. The molecule has 0 bridgehead atoms. The lowest BCUT2D eigenvalue weighted by Gasteiger charge is -2.14. The van der Waals surface area contributed by atoms with Crippen LogP contribution in [0.25, 0.3) is 0 Å². The fourth-order valence-corrected chi connectivity index (χ4v) is 1.97. The van der Waals surface area contributed by atoms with Gasteiger partial charge in [0, 0.05) is 5.69 Å². The molecule has 0 fully saturated rings. The van der Waals surface area contributed by atoms with Crippen LogP contribution in [0.4, 0.5) is 8.78 Å². The Morgan fingerprint density at radius 3 is 2.82 bits per heavy atom. The highest BCUT2D eigenvalue weighted by molar-refractivity contribution is 5.92. The monoisotopic (exact) mass is 309 g/mol. The summed E-state index contributed by atoms with van der Waals surface area (Å²) < 4.78 is 28.8. The van der Waals surface area contributed by atoms with Crippen LogP contribution in [0.15, 0.2) is 30.3 Å². The first-order valence-corrected chi connectivity index (χ1v) is 6.89. The van der Waals surface area contributed by atoms with E-state index in [9.17, 15) is 13.6 Å². The molecule has 22 heavy (non-hydrogen) atoms. The van der Waals surface area contributed by atoms with Gasteiger partial charge in [-0.15, -0.1) is 0 Å². The molecular formula is C15H17F2N3O2. The van der Waals surface area contributed by atoms with Crippen molar-refractivity contribution in [3.8, 4) is 5.75 Å². The molecule has 1 aromatic heterocycles. The molecule has 1 heterocycles. The first kappa shape index (κ1) is 15.9. The number of H-pyrrole nitrogens is 1. The van der Waals surface area contributed by atoms with Crippen molar-refractivity contribution in [3.05, 3.63) is 47.3 Å². The van der Waals surface area contributed by atoms with E-state index in [2.05, 4.69) is 20.3 Å². The van der Waals surface area contributed by atoms with Gasteiger partial charge in [-0.1, -0.05) is 19.1 Å². The van der Waals surface area contributed by atoms with Crippen LogP contribution >= 0.6 is 0 Å². The predicted octanol–water partition coefficient (Wildman–Crippen LogP) is 3.06. The van der Waals surface area contributed by atoms with E-state index < -0.39 is 6.61 Å². The second-order valence-electron chi connectivity index (χ2n) is 4.78. The van der Waals surface area contributed by atoms with Crippen LogP contribution in [0.5, 0.6) is 5.75 Å². The number of benzene rings is 1. The number of amides is 1. The van der Waals surface area contributed by atoms with E-state index in [0.717, 1.165) is 12.1 Å². The van der Waals surface area contributed by atoms with Crippen LogP contribution in [0.3, 0.4) is 0 Å². The SMILES string of the molecule is CCc1cc(C(=O)NC(C)c2cccc(OC(F)F)c2)n[nH]1. The van der Waals surface area contributed by atoms with E-state index >= 15 is 0 Å². The minimum Gasteiger partial charge on any atom is -0.435 e. The topological polar surface area (TPSA) is 67.0 Å². The minimum atomic E-state index is -2.88. The van der Waals surface area contributed by atoms with Crippen LogP contribution in [0.1, 0.15) is 41.6 Å². The molecule has 2 aromatic rings. The molecule has 2 N–H and O–H groups in total. The van der Waals surface area contributed by atoms with E-state index in [4.69, 9.17) is 0 Å². The van der Waals surface area contributed by atoms with Crippen LogP contribution in [-0.4, -0.2) is 22.7 Å². The molecule has 0 spiro atoms. The molecule has 0 radical (unpaired) electrons. The number of aromatic nitrogens is 2. The molecule has 5 nitrogen and oxygen atoms in total. The maximum absolute atomic E-state index is 12.2. The summed E-state index contributed by atoms with van der Waals surface area (Å²) in [4.78, 5) is 12.1. The first-order valence-electron chi connectivity index (χ1n) is 6.89. The molecule has 2 rings (SSSR count). The molecule has 1 atom stereocenters. The smallest absolute Gasteiger partial charge is 0.387 e. The van der Waals surface area contributed by atoms with Crippen LogP contribution in [0, 0.1) is 0 Å². The van der Waals surface area contributed by atoms with Gasteiger partial charge < -0.3 is 10.1 Å². The fourth-order valence-electron chi connectivity index (χ4n) is 1.97. The number of hydrogen-bond donors (Lipinski definition) is 2. The lowest BCUT2D eigenvalue weighted by Crippen LogP contribution is -2.27. The third-order valence-corrected chi connectivity index (χ3v) is 3.18. The number of rotatable bonds is 6. The average molecular weight is 309 g/mol. The third-order valence-electron chi connectivity index (χ3n) is 3.18. The van der Waals surface area contributed by atoms with Crippen LogP contribution < -0.4 is 10.1 Å². The van der Waals surface area contributed by atoms with Gasteiger partial charge in [0.1, 0.15) is 11.4 Å². The van der Waals surface area contributed by atoms with Gasteiger partial charge in [0.15, 0.2) is 0 Å². The Balaban J connectivity index is 2.05. The van der Waals surface area contributed by atoms with E-state index in [-0.39, 0.29) is 17.7 Å². The summed E-state index contributed by atoms with van der Waals surface area (Å²) in [6, 6.07) is 7.55. The summed E-state index contributed by atoms with van der Waals surface area (Å²) in [5, 5.41) is 9.46. The van der Waals surface area contributed by atoms with Gasteiger partial charge in [-0.25, -0.2) is 0 Å². The van der Waals surface area contributed by atoms with Gasteiger partial charge in [-0.05, 0) is 37.1 Å². The van der Waals surface area contributed by atoms with Crippen molar-refractivity contribution in [2.24, 2.45) is 0 Å². The van der Waals surface area contributed by atoms with Crippen molar-refractivity contribution in [2.75, 3.05) is 0 Å². The Morgan fingerprint density at radius 2 is 2.18 bits per heavy atom. The van der Waals surface area contributed by atoms with Crippen LogP contribution in [0.2, 0.25) is 0 Å². The molecular weight excluding hydrogens is 292 g/mol. The number of nitrogens with one attached hydrogen (secondary N) is 2. The summed E-state index contributed by atoms with van der Waals surface area (Å²) in [5.74, 6) is -0.273. The summed E-state index contributed by atoms with van der Waals surface area (Å²) in [6.07, 6.45) is 0.753. The van der Waals surface area contributed by atoms with Crippen molar-refractivity contribution in [3.63, 3.8) is 0 Å². The molecule has 0 aliphatic carbocycles. The number of nitrogens with zero attached hydrogens (tertiary/aromatic N) is 1. The van der Waals surface area contributed by atoms with Gasteiger partial charge in [0.25, 0.3) is 5.91 Å². The highest BCUT2D eigenvalue weighted by Crippen LogP contribution is 2.21. The molecule has 0 saturated heterocycles. The average Bonchev–Trinajstić information content (AvgIpc) is 2.95. The van der Waals surface area contributed by atoms with Gasteiger partial charge in [0.2, 0.25) is 0 Å². The maximum atomic E-state index is 12.2. The van der Waals surface area contributed by atoms with E-state index in [1.807, 2.05) is 6.92 Å². The standard InChI is InChI=1S/C15H17F2N3O2/c1-3-11-8-13(20-19-11)14(21)18-9(2)10-5-4-6-12(7-10)22-15(16)17/h4-9,15H,3H2,1-2H3,(H,18,21)(H,19,20). The number of alkyl halides is 2. The van der Waals surface area contributed by atoms with Gasteiger partial charge in [-0.3, -0.25) is 9.89 Å². The van der Waals surface area contributed by atoms with Crippen molar-refractivity contribution in [2.45, 2.75) is 32.9 Å². The van der Waals surface area contributed by atoms with E-state index in [1.165, 1.54) is 12.1 Å². The zero-order valence-corrected chi connectivity index (χ0v) is 12.3. The number of halogens is 2. The summed E-state index contributed by atoms with van der Waals surface area (Å²) in [5.41, 5.74) is 1.83. The maximum Gasteiger partial charge on any atom is 0.387 e. The van der Waals surface area contributed by atoms with E-state index in [0.29, 0.717) is 11.3 Å². The number of hydrogen-bond acceptors (Lipinski definition) is 3. The van der Waals surface area contributed by atoms with Crippen molar-refractivity contribution in [1.29, 1.82) is 0 Å². The first-order chi connectivity index (χ1) is 10.5. The normalized spacial score (nSPS) is 12.2. The Labute approximate surface area is 126 Å². The van der Waals surface area contributed by atoms with Gasteiger partial charge in [-0.2, -0.15) is 13.9 Å². The molecule has 1 unspecified atom stereocenters. The van der Waals surface area contributed by atoms with Crippen molar-refractivity contribution >= 4 is 5.91 Å². The third kappa shape index (κ3) is 4.03. The lowest BCUT2D eigenvalue weighted by molar-refractivity contribution is -0.0499. The number of carbonyl (C=O) groups is 1. The molecule has 0 saturated carbocycles. The minimum absolute atomic E-state index is 0.0571. The molecule has 1 aromatic carbocycles. The zero-order chi connectivity index (χ0) is 16.1. The van der Waals surface area contributed by atoms with Gasteiger partial charge >= 0.3 is 6.61 Å². The molecule has 7 heteroatoms. The second kappa shape index (κ2) is 7.02. The largest absolute Gasteiger partial charge is 0.435 e. The predicted molar refractivity (Wildman–Crippen MR) is 76.9 cm³/mol. The molecule has 1 amide bonds. The van der Waals surface area contributed by atoms with Crippen molar-refractivity contribution < 1.29 is 18.3 Å². The molecule has 0 aliphatic heterocycles. The Bertz CT molecular complexity index is 643. The van der Waals surface area contributed by atoms with E-state index in [1.54, 1.807) is 25.1 Å². The molecule has 0 aliphatic rings. The quantitative estimate of drug-likeness (QED) is 0.862. The Hall–Kier alpha value is -2.44. The number of ether oxygens (including phenoxy) is 1. The van der Waals surface area contributed by atoms with Crippen molar-refractivity contribution in [1.82, 2.24) is 15.5 Å². The fraction of sp³-hybridized carbons (Fsp3) is 0.333. The number of carbonyl (C=O) groups excluding carboxylic acids is 1. The van der Waals surface area contributed by atoms with Crippen LogP contribution in [-0.2, 0) is 6.42 Å². The summed E-state index contributed by atoms with van der Waals surface area (Å²) >= 11 is 0. The summed E-state index contributed by atoms with van der Waals surface area (Å²) in [6.45, 7) is 0.829. The number of aromatic amines is 1. The zero-order valence-electron chi connectivity index (χ0n) is 12.3. The Kier molecular flexibility index (Phi) is 5.08. The Morgan fingerprint density at radius 1 is 1.41 bits per heavy atom. The molecule has 118 valence electrons. The second-order valence-corrected chi connectivity index (χ2v) is 4.78. The highest BCUT2D eigenvalue weighted by atomic mass is 19.3. The number of aryl methyl sites for hydroxylation is 1. The lowest BCUT2D eigenvalue weighted by atomic mass is 10.1. The highest BCUT2D eigenvalue weighted by Gasteiger charge is 2.15.